The second-order valence-electron chi connectivity index (χ2n) is 7.20. The summed E-state index contributed by atoms with van der Waals surface area (Å²) in [6.07, 6.45) is 1.19. The highest BCUT2D eigenvalue weighted by Gasteiger charge is 2.36. The number of amides is 1. The zero-order valence-corrected chi connectivity index (χ0v) is 16.6. The average molecular weight is 397 g/mol. The zero-order valence-electron chi connectivity index (χ0n) is 16.6. The van der Waals surface area contributed by atoms with Gasteiger partial charge in [0.2, 0.25) is 11.6 Å². The van der Waals surface area contributed by atoms with Crippen LogP contribution in [0.2, 0.25) is 0 Å². The number of esters is 1. The van der Waals surface area contributed by atoms with E-state index in [4.69, 9.17) is 14.2 Å². The van der Waals surface area contributed by atoms with Crippen LogP contribution >= 0.6 is 0 Å². The SMILES string of the molecule is COC(=O)C(CC(C)C)N1CC(Oc2c(F)ccc(OC(C)C)c2F)=CC1=O. The van der Waals surface area contributed by atoms with E-state index in [1.54, 1.807) is 13.8 Å². The maximum Gasteiger partial charge on any atom is 0.328 e. The van der Waals surface area contributed by atoms with Crippen molar-refractivity contribution in [3.05, 3.63) is 35.6 Å². The summed E-state index contributed by atoms with van der Waals surface area (Å²) >= 11 is 0. The molecule has 28 heavy (non-hydrogen) atoms. The molecule has 1 unspecified atom stereocenters. The number of hydrogen-bond acceptors (Lipinski definition) is 5. The van der Waals surface area contributed by atoms with E-state index in [1.165, 1.54) is 18.1 Å². The minimum atomic E-state index is -0.993. The number of methoxy groups -OCH3 is 1. The maximum absolute atomic E-state index is 14.6. The lowest BCUT2D eigenvalue weighted by Crippen LogP contribution is -2.44. The van der Waals surface area contributed by atoms with Crippen molar-refractivity contribution in [2.75, 3.05) is 13.7 Å². The quantitative estimate of drug-likeness (QED) is 0.629. The molecule has 154 valence electrons. The van der Waals surface area contributed by atoms with Gasteiger partial charge in [0.05, 0.1) is 19.8 Å². The minimum Gasteiger partial charge on any atom is -0.488 e. The lowest BCUT2D eigenvalue weighted by atomic mass is 10.0. The molecule has 0 spiro atoms. The van der Waals surface area contributed by atoms with Crippen LogP contribution in [0.4, 0.5) is 8.78 Å². The first-order valence-corrected chi connectivity index (χ1v) is 9.05. The van der Waals surface area contributed by atoms with Crippen LogP contribution in [0.3, 0.4) is 0 Å². The van der Waals surface area contributed by atoms with E-state index in [1.807, 2.05) is 13.8 Å². The van der Waals surface area contributed by atoms with Gasteiger partial charge in [-0.05, 0) is 38.3 Å². The largest absolute Gasteiger partial charge is 0.488 e. The summed E-state index contributed by atoms with van der Waals surface area (Å²) in [6, 6.07) is 1.40. The fourth-order valence-electron chi connectivity index (χ4n) is 2.85. The van der Waals surface area contributed by atoms with Crippen LogP contribution in [-0.4, -0.2) is 42.6 Å². The number of rotatable bonds is 8. The number of benzene rings is 1. The normalized spacial score (nSPS) is 15.1. The summed E-state index contributed by atoms with van der Waals surface area (Å²) in [4.78, 5) is 25.7. The Kier molecular flexibility index (Phi) is 6.99. The van der Waals surface area contributed by atoms with Gasteiger partial charge in [-0.2, -0.15) is 4.39 Å². The molecule has 0 N–H and O–H groups in total. The number of nitrogens with zero attached hydrogens (tertiary/aromatic N) is 1. The second kappa shape index (κ2) is 9.03. The Morgan fingerprint density at radius 3 is 2.46 bits per heavy atom. The van der Waals surface area contributed by atoms with Gasteiger partial charge in [-0.15, -0.1) is 0 Å². The molecule has 1 aromatic rings. The predicted molar refractivity (Wildman–Crippen MR) is 97.8 cm³/mol. The van der Waals surface area contributed by atoms with Crippen molar-refractivity contribution in [2.24, 2.45) is 5.92 Å². The fourth-order valence-corrected chi connectivity index (χ4v) is 2.85. The van der Waals surface area contributed by atoms with E-state index in [0.29, 0.717) is 6.42 Å². The highest BCUT2D eigenvalue weighted by molar-refractivity contribution is 5.94. The van der Waals surface area contributed by atoms with E-state index >= 15 is 0 Å². The molecule has 1 aromatic carbocycles. The molecule has 0 radical (unpaired) electrons. The van der Waals surface area contributed by atoms with E-state index in [-0.39, 0.29) is 30.1 Å². The summed E-state index contributed by atoms with van der Waals surface area (Å²) < 4.78 is 44.1. The third-order valence-electron chi connectivity index (χ3n) is 4.05. The van der Waals surface area contributed by atoms with Crippen LogP contribution in [0, 0.1) is 17.6 Å². The van der Waals surface area contributed by atoms with Gasteiger partial charge in [-0.3, -0.25) is 4.79 Å². The van der Waals surface area contributed by atoms with Gasteiger partial charge in [0, 0.05) is 6.08 Å². The Balaban J connectivity index is 2.22. The van der Waals surface area contributed by atoms with E-state index in [0.717, 1.165) is 12.1 Å². The molecular formula is C20H25F2NO5. The van der Waals surface area contributed by atoms with Crippen molar-refractivity contribution in [1.29, 1.82) is 0 Å². The second-order valence-corrected chi connectivity index (χ2v) is 7.20. The number of carbonyl (C=O) groups excluding carboxylic acids is 2. The van der Waals surface area contributed by atoms with E-state index in [9.17, 15) is 18.4 Å². The van der Waals surface area contributed by atoms with Gasteiger partial charge in [-0.1, -0.05) is 13.8 Å². The summed E-state index contributed by atoms with van der Waals surface area (Å²) in [5.41, 5.74) is 0. The first-order chi connectivity index (χ1) is 13.1. The molecule has 0 bridgehead atoms. The van der Waals surface area contributed by atoms with Crippen molar-refractivity contribution in [3.63, 3.8) is 0 Å². The number of halogens is 2. The molecule has 8 heteroatoms. The Labute approximate surface area is 163 Å². The zero-order chi connectivity index (χ0) is 21.0. The highest BCUT2D eigenvalue weighted by Crippen LogP contribution is 2.32. The highest BCUT2D eigenvalue weighted by atomic mass is 19.1. The van der Waals surface area contributed by atoms with Crippen LogP contribution in [-0.2, 0) is 14.3 Å². The smallest absolute Gasteiger partial charge is 0.328 e. The molecule has 1 heterocycles. The third kappa shape index (κ3) is 4.99. The average Bonchev–Trinajstić information content (AvgIpc) is 2.98. The summed E-state index contributed by atoms with van der Waals surface area (Å²) in [5, 5.41) is 0. The Morgan fingerprint density at radius 2 is 1.89 bits per heavy atom. The predicted octanol–water partition coefficient (Wildman–Crippen LogP) is 3.44. The van der Waals surface area contributed by atoms with E-state index < -0.39 is 35.3 Å². The topological polar surface area (TPSA) is 65.1 Å². The standard InChI is InChI=1S/C20H25F2NO5/c1-11(2)8-15(20(25)26-5)23-10-13(9-17(23)24)28-19-14(21)6-7-16(18(19)22)27-12(3)4/h6-7,9,11-12,15H,8,10H2,1-5H3. The molecule has 0 aromatic heterocycles. The first kappa shape index (κ1) is 21.7. The number of ether oxygens (including phenoxy) is 3. The van der Waals surface area contributed by atoms with Gasteiger partial charge in [0.1, 0.15) is 11.8 Å². The molecule has 0 saturated carbocycles. The molecule has 6 nitrogen and oxygen atoms in total. The maximum atomic E-state index is 14.6. The summed E-state index contributed by atoms with van der Waals surface area (Å²) in [5.74, 6) is -3.61. The van der Waals surface area contributed by atoms with Crippen molar-refractivity contribution in [3.8, 4) is 11.5 Å². The van der Waals surface area contributed by atoms with E-state index in [2.05, 4.69) is 0 Å². The van der Waals surface area contributed by atoms with Crippen LogP contribution in [0.15, 0.2) is 24.0 Å². The van der Waals surface area contributed by atoms with Crippen molar-refractivity contribution < 1.29 is 32.6 Å². The first-order valence-electron chi connectivity index (χ1n) is 9.05. The molecule has 1 aliphatic heterocycles. The molecule has 1 amide bonds. The van der Waals surface area contributed by atoms with Gasteiger partial charge in [0.15, 0.2) is 11.6 Å². The summed E-state index contributed by atoms with van der Waals surface area (Å²) in [7, 11) is 1.24. The van der Waals surface area contributed by atoms with Crippen LogP contribution in [0.1, 0.15) is 34.1 Å². The number of hydrogen-bond donors (Lipinski definition) is 0. The molecule has 0 fully saturated rings. The van der Waals surface area contributed by atoms with Gasteiger partial charge in [0.25, 0.3) is 5.91 Å². The Hall–Kier alpha value is -2.64. The molecule has 1 aliphatic rings. The van der Waals surface area contributed by atoms with Gasteiger partial charge < -0.3 is 19.1 Å². The van der Waals surface area contributed by atoms with Crippen LogP contribution in [0.5, 0.6) is 11.5 Å². The molecule has 0 aliphatic carbocycles. The minimum absolute atomic E-state index is 0.0298. The van der Waals surface area contributed by atoms with Crippen molar-refractivity contribution in [2.45, 2.75) is 46.3 Å². The number of carbonyl (C=O) groups is 2. The van der Waals surface area contributed by atoms with Gasteiger partial charge in [-0.25, -0.2) is 9.18 Å². The van der Waals surface area contributed by atoms with Gasteiger partial charge >= 0.3 is 5.97 Å². The summed E-state index contributed by atoms with van der Waals surface area (Å²) in [6.45, 7) is 7.14. The lowest BCUT2D eigenvalue weighted by Gasteiger charge is -2.27. The van der Waals surface area contributed by atoms with Crippen molar-refractivity contribution >= 4 is 11.9 Å². The van der Waals surface area contributed by atoms with Crippen LogP contribution < -0.4 is 9.47 Å². The Morgan fingerprint density at radius 1 is 1.21 bits per heavy atom. The molecule has 2 rings (SSSR count). The molecular weight excluding hydrogens is 372 g/mol. The Bertz CT molecular complexity index is 776. The monoisotopic (exact) mass is 397 g/mol. The molecule has 1 atom stereocenters. The van der Waals surface area contributed by atoms with Crippen LogP contribution in [0.25, 0.3) is 0 Å². The van der Waals surface area contributed by atoms with Crippen molar-refractivity contribution in [1.82, 2.24) is 4.90 Å². The lowest BCUT2D eigenvalue weighted by molar-refractivity contribution is -0.151. The molecule has 0 saturated heterocycles. The third-order valence-corrected chi connectivity index (χ3v) is 4.05. The fraction of sp³-hybridized carbons (Fsp3) is 0.500.